The fourth-order valence-corrected chi connectivity index (χ4v) is 8.20. The van der Waals surface area contributed by atoms with E-state index in [1.54, 1.807) is 26.6 Å². The van der Waals surface area contributed by atoms with E-state index in [0.29, 0.717) is 93.0 Å². The highest BCUT2D eigenvalue weighted by atomic mass is 19.4. The van der Waals surface area contributed by atoms with Crippen molar-refractivity contribution in [3.05, 3.63) is 42.0 Å². The highest BCUT2D eigenvalue weighted by Gasteiger charge is 2.40. The van der Waals surface area contributed by atoms with E-state index in [4.69, 9.17) is 29.4 Å². The van der Waals surface area contributed by atoms with E-state index < -0.39 is 17.7 Å². The number of nitrogens with one attached hydrogen (secondary N) is 1. The van der Waals surface area contributed by atoms with Gasteiger partial charge in [-0.1, -0.05) is 19.3 Å². The van der Waals surface area contributed by atoms with Crippen LogP contribution in [-0.4, -0.2) is 119 Å². The van der Waals surface area contributed by atoms with Gasteiger partial charge in [-0.2, -0.15) is 13.2 Å². The fourth-order valence-electron chi connectivity index (χ4n) is 8.20. The summed E-state index contributed by atoms with van der Waals surface area (Å²) in [6, 6.07) is 3.00. The predicted molar refractivity (Wildman–Crippen MR) is 197 cm³/mol. The summed E-state index contributed by atoms with van der Waals surface area (Å²) >= 11 is 0. The maximum absolute atomic E-state index is 14.3. The first-order valence-electron chi connectivity index (χ1n) is 18.7. The van der Waals surface area contributed by atoms with Crippen LogP contribution < -0.4 is 9.80 Å². The highest BCUT2D eigenvalue weighted by Crippen LogP contribution is 2.46. The minimum absolute atomic E-state index is 0.000381. The standard InChI is InChI=1S/C38H48F3N9O4/c1-48(22-37(23-54-3)10-5-4-6-11-37)30-16-28(25-15-27(38(39,40)41)33(44-17-25)24-7-8-24)45-36-34(30)46-35(47-36)29-18-43-31(19-42-29)50-14-13-49(12-9-32(51)52)26(20-50)21-53-2/h15-19,24,26H,4-14,20-23H2,1-3H3,(H,51,52)(H,45,46,47)/t26-/m0/s1. The molecule has 1 saturated heterocycles. The van der Waals surface area contributed by atoms with Gasteiger partial charge in [-0.25, -0.2) is 19.9 Å². The molecule has 0 aromatic carbocycles. The van der Waals surface area contributed by atoms with E-state index >= 15 is 0 Å². The zero-order valence-electron chi connectivity index (χ0n) is 31.0. The van der Waals surface area contributed by atoms with Crippen molar-refractivity contribution in [3.63, 3.8) is 0 Å². The Labute approximate surface area is 312 Å². The van der Waals surface area contributed by atoms with Gasteiger partial charge in [0.15, 0.2) is 11.5 Å². The first kappa shape index (κ1) is 37.9. The van der Waals surface area contributed by atoms with Gasteiger partial charge in [-0.3, -0.25) is 14.7 Å². The molecule has 0 unspecified atom stereocenters. The lowest BCUT2D eigenvalue weighted by atomic mass is 9.74. The molecule has 2 saturated carbocycles. The molecule has 0 spiro atoms. The van der Waals surface area contributed by atoms with Gasteiger partial charge >= 0.3 is 12.1 Å². The number of hydrogen-bond acceptors (Lipinski definition) is 11. The molecule has 16 heteroatoms. The molecule has 54 heavy (non-hydrogen) atoms. The van der Waals surface area contributed by atoms with Gasteiger partial charge in [-0.15, -0.1) is 0 Å². The molecule has 2 N–H and O–H groups in total. The Bertz CT molecular complexity index is 1920. The summed E-state index contributed by atoms with van der Waals surface area (Å²) in [7, 11) is 5.35. The molecule has 1 aliphatic heterocycles. The number of carbonyl (C=O) groups is 1. The van der Waals surface area contributed by atoms with Crippen LogP contribution >= 0.6 is 0 Å². The summed E-state index contributed by atoms with van der Waals surface area (Å²) in [5.41, 5.74) is 2.17. The van der Waals surface area contributed by atoms with Crippen molar-refractivity contribution in [1.29, 1.82) is 0 Å². The number of carboxylic acids is 1. The van der Waals surface area contributed by atoms with Crippen molar-refractivity contribution in [3.8, 4) is 22.8 Å². The highest BCUT2D eigenvalue weighted by molar-refractivity contribution is 5.91. The number of methoxy groups -OCH3 is 2. The van der Waals surface area contributed by atoms with Crippen molar-refractivity contribution >= 4 is 28.6 Å². The van der Waals surface area contributed by atoms with Crippen LogP contribution in [0.2, 0.25) is 0 Å². The molecular formula is C38H48F3N9O4. The Hall–Kier alpha value is -4.41. The number of carboxylic acid groups (broad SMARTS) is 1. The van der Waals surface area contributed by atoms with Crippen LogP contribution in [0.25, 0.3) is 33.9 Å². The molecule has 290 valence electrons. The molecule has 3 aliphatic rings. The Morgan fingerprint density at radius 1 is 1.02 bits per heavy atom. The normalized spacial score (nSPS) is 19.4. The number of nitrogens with zero attached hydrogens (tertiary/aromatic N) is 8. The number of imidazole rings is 1. The van der Waals surface area contributed by atoms with Crippen molar-refractivity contribution < 1.29 is 32.5 Å². The predicted octanol–water partition coefficient (Wildman–Crippen LogP) is 6.02. The number of alkyl halides is 3. The van der Waals surface area contributed by atoms with Gasteiger partial charge in [0, 0.05) is 77.1 Å². The molecule has 7 rings (SSSR count). The number of rotatable bonds is 14. The van der Waals surface area contributed by atoms with E-state index in [9.17, 15) is 23.1 Å². The lowest BCUT2D eigenvalue weighted by Crippen LogP contribution is -2.55. The molecule has 0 radical (unpaired) electrons. The van der Waals surface area contributed by atoms with E-state index in [1.807, 2.05) is 13.1 Å². The largest absolute Gasteiger partial charge is 0.481 e. The molecular weight excluding hydrogens is 703 g/mol. The summed E-state index contributed by atoms with van der Waals surface area (Å²) in [6.45, 7) is 4.11. The minimum atomic E-state index is -4.54. The zero-order valence-corrected chi connectivity index (χ0v) is 31.0. The van der Waals surface area contributed by atoms with Crippen LogP contribution in [0.15, 0.2) is 30.7 Å². The average Bonchev–Trinajstić information content (AvgIpc) is 3.91. The summed E-state index contributed by atoms with van der Waals surface area (Å²) < 4.78 is 54.0. The number of pyridine rings is 2. The molecule has 13 nitrogen and oxygen atoms in total. The van der Waals surface area contributed by atoms with E-state index in [1.165, 1.54) is 18.7 Å². The molecule has 5 heterocycles. The van der Waals surface area contributed by atoms with Crippen LogP contribution in [0.1, 0.15) is 68.5 Å². The second-order valence-electron chi connectivity index (χ2n) is 15.1. The van der Waals surface area contributed by atoms with Gasteiger partial charge in [0.25, 0.3) is 0 Å². The number of aliphatic carboxylic acids is 1. The van der Waals surface area contributed by atoms with Crippen LogP contribution in [0.5, 0.6) is 0 Å². The van der Waals surface area contributed by atoms with E-state index in [2.05, 4.69) is 24.7 Å². The maximum atomic E-state index is 14.3. The molecule has 4 aromatic heterocycles. The molecule has 0 bridgehead atoms. The van der Waals surface area contributed by atoms with Crippen LogP contribution in [-0.2, 0) is 20.4 Å². The summed E-state index contributed by atoms with van der Waals surface area (Å²) in [5.74, 6) is 0.108. The third-order valence-corrected chi connectivity index (χ3v) is 11.1. The van der Waals surface area contributed by atoms with Gasteiger partial charge in [-0.05, 0) is 37.8 Å². The molecule has 0 amide bonds. The number of aromatic amines is 1. The average molecular weight is 752 g/mol. The molecule has 1 atom stereocenters. The minimum Gasteiger partial charge on any atom is -0.481 e. The Morgan fingerprint density at radius 2 is 1.81 bits per heavy atom. The van der Waals surface area contributed by atoms with E-state index in [0.717, 1.165) is 31.4 Å². The van der Waals surface area contributed by atoms with Gasteiger partial charge in [0.05, 0.1) is 60.7 Å². The number of piperazine rings is 1. The quantitative estimate of drug-likeness (QED) is 0.156. The van der Waals surface area contributed by atoms with E-state index in [-0.39, 0.29) is 35.1 Å². The third kappa shape index (κ3) is 8.30. The Morgan fingerprint density at radius 3 is 2.48 bits per heavy atom. The SMILES string of the molecule is COC[C@@H]1CN(c2cnc(-c3nc4nc(-c5cnc(C6CC6)c(C(F)(F)F)c5)cc(N(C)CC5(COC)CCCCC5)c4[nH]3)cn2)CCN1CCC(=O)O. The Balaban J connectivity index is 1.22. The fraction of sp³-hybridized carbons (Fsp3) is 0.579. The monoisotopic (exact) mass is 751 g/mol. The number of anilines is 2. The lowest BCUT2D eigenvalue weighted by Gasteiger charge is -2.41. The zero-order chi connectivity index (χ0) is 38.0. The second-order valence-corrected chi connectivity index (χ2v) is 15.1. The smallest absolute Gasteiger partial charge is 0.418 e. The summed E-state index contributed by atoms with van der Waals surface area (Å²) in [6.07, 6.45) is 7.22. The lowest BCUT2D eigenvalue weighted by molar-refractivity contribution is -0.139. The molecule has 4 aromatic rings. The number of hydrogen-bond donors (Lipinski definition) is 2. The maximum Gasteiger partial charge on any atom is 0.418 e. The topological polar surface area (TPSA) is 146 Å². The molecule has 2 aliphatic carbocycles. The summed E-state index contributed by atoms with van der Waals surface area (Å²) in [5, 5.41) is 9.18. The van der Waals surface area contributed by atoms with Crippen molar-refractivity contribution in [2.24, 2.45) is 5.41 Å². The number of fused-ring (bicyclic) bond motifs is 1. The van der Waals surface area contributed by atoms with Crippen LogP contribution in [0, 0.1) is 5.41 Å². The summed E-state index contributed by atoms with van der Waals surface area (Å²) in [4.78, 5) is 44.3. The van der Waals surface area contributed by atoms with Crippen molar-refractivity contribution in [1.82, 2.24) is 34.8 Å². The van der Waals surface area contributed by atoms with Gasteiger partial charge in [0.2, 0.25) is 0 Å². The van der Waals surface area contributed by atoms with Gasteiger partial charge < -0.3 is 29.4 Å². The van der Waals surface area contributed by atoms with Crippen molar-refractivity contribution in [2.45, 2.75) is 69.5 Å². The third-order valence-electron chi connectivity index (χ3n) is 11.1. The van der Waals surface area contributed by atoms with Crippen LogP contribution in [0.3, 0.4) is 0 Å². The second kappa shape index (κ2) is 15.7. The first-order valence-corrected chi connectivity index (χ1v) is 18.7. The number of aromatic nitrogens is 6. The number of H-pyrrole nitrogens is 1. The van der Waals surface area contributed by atoms with Gasteiger partial charge in [0.1, 0.15) is 17.0 Å². The number of ether oxygens (including phenoxy) is 2. The Kier molecular flexibility index (Phi) is 11.1. The van der Waals surface area contributed by atoms with Crippen molar-refractivity contribution in [2.75, 3.05) is 77.0 Å². The van der Waals surface area contributed by atoms with Crippen LogP contribution in [0.4, 0.5) is 24.7 Å². The number of halogens is 3. The molecule has 3 fully saturated rings. The first-order chi connectivity index (χ1) is 26.0.